The predicted molar refractivity (Wildman–Crippen MR) is 144 cm³/mol. The van der Waals surface area contributed by atoms with Gasteiger partial charge in [0.1, 0.15) is 18.2 Å². The van der Waals surface area contributed by atoms with Gasteiger partial charge in [-0.1, -0.05) is 12.1 Å². The standard InChI is InChI=1S/C28H25N7O4/c1-33-19-6-2-7-20-24(19)34(27(33)39)10-4-8-23(37)35(20)15-22(36)31-21-11-16-12-28(13-17(16)14-30-21)18-5-3-9-29-25(18)32-26(28)38/h2-3,5-7,9,11,14H,4,8,10,12-13,15H2,1H3,(H,29,32,38)(H,30,31,36). The van der Waals surface area contributed by atoms with Gasteiger partial charge in [0.25, 0.3) is 0 Å². The lowest BCUT2D eigenvalue weighted by molar-refractivity contribution is -0.121. The van der Waals surface area contributed by atoms with E-state index in [0.29, 0.717) is 54.2 Å². The summed E-state index contributed by atoms with van der Waals surface area (Å²) >= 11 is 0. The fourth-order valence-electron chi connectivity index (χ4n) is 6.25. The molecular weight excluding hydrogens is 498 g/mol. The molecule has 5 heterocycles. The van der Waals surface area contributed by atoms with Crippen LogP contribution < -0.4 is 21.2 Å². The molecule has 4 aromatic rings. The first-order valence-electron chi connectivity index (χ1n) is 12.9. The molecule has 2 N–H and O–H groups in total. The van der Waals surface area contributed by atoms with E-state index in [1.54, 1.807) is 46.8 Å². The second-order valence-electron chi connectivity index (χ2n) is 10.4. The summed E-state index contributed by atoms with van der Waals surface area (Å²) in [5, 5.41) is 5.72. The summed E-state index contributed by atoms with van der Waals surface area (Å²) in [6, 6.07) is 10.9. The smallest absolute Gasteiger partial charge is 0.310 e. The molecule has 0 fully saturated rings. The highest BCUT2D eigenvalue weighted by molar-refractivity contribution is 6.08. The van der Waals surface area contributed by atoms with Gasteiger partial charge in [0.05, 0.1) is 22.1 Å². The molecule has 1 aromatic carbocycles. The number of aryl methyl sites for hydroxylation is 2. The second kappa shape index (κ2) is 8.35. The molecule has 1 spiro atoms. The van der Waals surface area contributed by atoms with Crippen molar-refractivity contribution in [1.29, 1.82) is 0 Å². The Kier molecular flexibility index (Phi) is 5.00. The molecule has 11 heteroatoms. The third-order valence-corrected chi connectivity index (χ3v) is 8.13. The number of pyridine rings is 2. The van der Waals surface area contributed by atoms with Crippen molar-refractivity contribution in [3.63, 3.8) is 0 Å². The maximum absolute atomic E-state index is 13.2. The summed E-state index contributed by atoms with van der Waals surface area (Å²) in [6.07, 6.45) is 5.08. The van der Waals surface area contributed by atoms with Gasteiger partial charge < -0.3 is 15.5 Å². The average Bonchev–Trinajstić information content (AvgIpc) is 3.52. The predicted octanol–water partition coefficient (Wildman–Crippen LogP) is 1.88. The molecule has 11 nitrogen and oxygen atoms in total. The molecular formula is C28H25N7O4. The van der Waals surface area contributed by atoms with E-state index in [9.17, 15) is 19.2 Å². The minimum absolute atomic E-state index is 0.0813. The van der Waals surface area contributed by atoms with E-state index >= 15 is 0 Å². The summed E-state index contributed by atoms with van der Waals surface area (Å²) in [6.45, 7) is 0.225. The van der Waals surface area contributed by atoms with Gasteiger partial charge in [-0.25, -0.2) is 14.8 Å². The van der Waals surface area contributed by atoms with Crippen LogP contribution in [0.1, 0.15) is 29.5 Å². The van der Waals surface area contributed by atoms with Crippen LogP contribution in [0, 0.1) is 0 Å². The molecule has 3 amide bonds. The Morgan fingerprint density at radius 3 is 2.82 bits per heavy atom. The van der Waals surface area contributed by atoms with Crippen molar-refractivity contribution in [2.24, 2.45) is 7.05 Å². The summed E-state index contributed by atoms with van der Waals surface area (Å²) in [7, 11) is 1.70. The van der Waals surface area contributed by atoms with Crippen LogP contribution in [0.4, 0.5) is 17.3 Å². The van der Waals surface area contributed by atoms with Gasteiger partial charge in [-0.05, 0) is 54.7 Å². The van der Waals surface area contributed by atoms with Crippen molar-refractivity contribution in [2.45, 2.75) is 37.6 Å². The van der Waals surface area contributed by atoms with Gasteiger partial charge in [0.15, 0.2) is 0 Å². The number of fused-ring (bicyclic) bond motifs is 3. The lowest BCUT2D eigenvalue weighted by atomic mass is 9.79. The van der Waals surface area contributed by atoms with E-state index in [1.807, 2.05) is 18.2 Å². The first-order valence-corrected chi connectivity index (χ1v) is 12.9. The number of amides is 3. The normalized spacial score (nSPS) is 19.6. The number of aromatic nitrogens is 4. The molecule has 1 aliphatic carbocycles. The Morgan fingerprint density at radius 1 is 1.10 bits per heavy atom. The van der Waals surface area contributed by atoms with Crippen molar-refractivity contribution >= 4 is 46.1 Å². The van der Waals surface area contributed by atoms with Crippen molar-refractivity contribution in [3.05, 3.63) is 76.0 Å². The van der Waals surface area contributed by atoms with Crippen LogP contribution in [0.25, 0.3) is 11.0 Å². The molecule has 0 radical (unpaired) electrons. The zero-order valence-electron chi connectivity index (χ0n) is 21.2. The molecule has 0 saturated carbocycles. The van der Waals surface area contributed by atoms with E-state index in [4.69, 9.17) is 0 Å². The monoisotopic (exact) mass is 523 g/mol. The Labute approximate surface area is 222 Å². The van der Waals surface area contributed by atoms with Crippen molar-refractivity contribution in [3.8, 4) is 0 Å². The Bertz CT molecular complexity index is 1790. The number of nitrogens with zero attached hydrogens (tertiary/aromatic N) is 5. The number of hydrogen-bond donors (Lipinski definition) is 2. The number of imidazole rings is 1. The van der Waals surface area contributed by atoms with Gasteiger partial charge in [0, 0.05) is 38.0 Å². The number of rotatable bonds is 3. The highest BCUT2D eigenvalue weighted by atomic mass is 16.2. The SMILES string of the molecule is Cn1c(=O)n2c3c(cccc31)N(CC(=O)Nc1cc3c(cn1)CC1(C3)C(=O)Nc3ncccc31)C(=O)CCC2. The van der Waals surface area contributed by atoms with Gasteiger partial charge in [-0.15, -0.1) is 0 Å². The van der Waals surface area contributed by atoms with E-state index in [-0.39, 0.29) is 30.5 Å². The molecule has 7 rings (SSSR count). The van der Waals surface area contributed by atoms with Crippen LogP contribution in [-0.4, -0.2) is 43.4 Å². The van der Waals surface area contributed by atoms with Crippen molar-refractivity contribution < 1.29 is 14.4 Å². The molecule has 39 heavy (non-hydrogen) atoms. The van der Waals surface area contributed by atoms with Crippen LogP contribution >= 0.6 is 0 Å². The molecule has 3 aliphatic rings. The Balaban J connectivity index is 1.15. The van der Waals surface area contributed by atoms with Gasteiger partial charge in [0.2, 0.25) is 17.7 Å². The van der Waals surface area contributed by atoms with Gasteiger partial charge in [-0.2, -0.15) is 0 Å². The number of hydrogen-bond acceptors (Lipinski definition) is 6. The number of carbonyl (C=O) groups excluding carboxylic acids is 3. The molecule has 196 valence electrons. The summed E-state index contributed by atoms with van der Waals surface area (Å²) in [4.78, 5) is 62.3. The number of para-hydroxylation sites is 1. The fourth-order valence-corrected chi connectivity index (χ4v) is 6.25. The highest BCUT2D eigenvalue weighted by Gasteiger charge is 2.51. The van der Waals surface area contributed by atoms with Crippen molar-refractivity contribution in [2.75, 3.05) is 22.1 Å². The lowest BCUT2D eigenvalue weighted by Crippen LogP contribution is -2.39. The maximum atomic E-state index is 13.2. The van der Waals surface area contributed by atoms with Crippen LogP contribution in [0.5, 0.6) is 0 Å². The Hall–Kier alpha value is -4.80. The molecule has 0 saturated heterocycles. The summed E-state index contributed by atoms with van der Waals surface area (Å²) in [5.74, 6) is 0.285. The average molecular weight is 524 g/mol. The molecule has 1 atom stereocenters. The third kappa shape index (κ3) is 3.42. The molecule has 1 unspecified atom stereocenters. The summed E-state index contributed by atoms with van der Waals surface area (Å²) < 4.78 is 3.24. The summed E-state index contributed by atoms with van der Waals surface area (Å²) in [5.41, 5.74) is 3.79. The van der Waals surface area contributed by atoms with Crippen molar-refractivity contribution in [1.82, 2.24) is 19.1 Å². The quantitative estimate of drug-likeness (QED) is 0.422. The highest BCUT2D eigenvalue weighted by Crippen LogP contribution is 2.46. The van der Waals surface area contributed by atoms with E-state index in [1.165, 1.54) is 4.90 Å². The zero-order valence-corrected chi connectivity index (χ0v) is 21.2. The van der Waals surface area contributed by atoms with Crippen LogP contribution in [0.15, 0.2) is 53.6 Å². The Morgan fingerprint density at radius 2 is 1.95 bits per heavy atom. The van der Waals surface area contributed by atoms with E-state index in [2.05, 4.69) is 20.6 Å². The van der Waals surface area contributed by atoms with E-state index in [0.717, 1.165) is 16.7 Å². The largest absolute Gasteiger partial charge is 0.328 e. The molecule has 0 bridgehead atoms. The van der Waals surface area contributed by atoms with Gasteiger partial charge >= 0.3 is 5.69 Å². The first-order chi connectivity index (χ1) is 18.9. The number of anilines is 3. The lowest BCUT2D eigenvalue weighted by Gasteiger charge is -2.25. The maximum Gasteiger partial charge on any atom is 0.328 e. The van der Waals surface area contributed by atoms with Crippen LogP contribution in [0.2, 0.25) is 0 Å². The fraction of sp³-hybridized carbons (Fsp3) is 0.286. The first kappa shape index (κ1) is 23.3. The topological polar surface area (TPSA) is 131 Å². The van der Waals surface area contributed by atoms with Crippen LogP contribution in [0.3, 0.4) is 0 Å². The van der Waals surface area contributed by atoms with Crippen LogP contribution in [-0.2, 0) is 46.2 Å². The zero-order chi connectivity index (χ0) is 26.9. The minimum Gasteiger partial charge on any atom is -0.310 e. The van der Waals surface area contributed by atoms with E-state index < -0.39 is 11.3 Å². The number of nitrogens with one attached hydrogen (secondary N) is 2. The molecule has 3 aromatic heterocycles. The third-order valence-electron chi connectivity index (χ3n) is 8.13. The van der Waals surface area contributed by atoms with Gasteiger partial charge in [-0.3, -0.25) is 23.5 Å². The number of carbonyl (C=O) groups is 3. The molecule has 2 aliphatic heterocycles. The minimum atomic E-state index is -0.725. The second-order valence-corrected chi connectivity index (χ2v) is 10.4. The number of benzene rings is 1.